The Kier molecular flexibility index (Phi) is 24.1. The molecule has 2 aromatic carbocycles. The normalized spacial score (nSPS) is 14.8. The number of amides is 6. The van der Waals surface area contributed by atoms with E-state index in [1.54, 1.807) is 52.3 Å². The molecule has 27 nitrogen and oxygen atoms in total. The molecule has 0 unspecified atom stereocenters. The number of benzene rings is 2. The third-order valence-electron chi connectivity index (χ3n) is 16.7. The van der Waals surface area contributed by atoms with Gasteiger partial charge in [0.25, 0.3) is 17.7 Å². The van der Waals surface area contributed by atoms with E-state index in [-0.39, 0.29) is 104 Å². The first-order chi connectivity index (χ1) is 45.4. The molecule has 6 aromatic rings. The average molecular weight is 1330 g/mol. The van der Waals surface area contributed by atoms with E-state index in [0.29, 0.717) is 92.8 Å². The Bertz CT molecular complexity index is 3590. The number of nitrogens with one attached hydrogen (secondary N) is 5. The van der Waals surface area contributed by atoms with Crippen LogP contribution in [0.5, 0.6) is 17.4 Å². The number of aryl methyl sites for hydroxylation is 2. The van der Waals surface area contributed by atoms with E-state index >= 15 is 0 Å². The maximum Gasteiger partial charge on any atom is 0.326 e. The number of likely N-dealkylation sites (tertiary alicyclic amines) is 1. The van der Waals surface area contributed by atoms with Crippen molar-refractivity contribution >= 4 is 55.2 Å². The fraction of sp³-hybridized carbons (Fsp3) is 0.522. The van der Waals surface area contributed by atoms with Crippen LogP contribution in [0.3, 0.4) is 0 Å². The lowest BCUT2D eigenvalue weighted by molar-refractivity contribution is -0.150. The number of carboxylic acids is 1. The van der Waals surface area contributed by atoms with Crippen molar-refractivity contribution in [3.8, 4) is 28.5 Å². The molecule has 4 aromatic heterocycles. The summed E-state index contributed by atoms with van der Waals surface area (Å²) in [5, 5.41) is 41.3. The van der Waals surface area contributed by atoms with Crippen LogP contribution in [0.15, 0.2) is 85.3 Å². The largest absolute Gasteiger partial charge is 0.484 e. The summed E-state index contributed by atoms with van der Waals surface area (Å²) < 4.78 is 33.8. The molecule has 95 heavy (non-hydrogen) atoms. The number of aromatic nitrogens is 8. The average Bonchev–Trinajstić information content (AvgIpc) is 1.66. The Labute approximate surface area is 554 Å². The van der Waals surface area contributed by atoms with Crippen LogP contribution in [0.2, 0.25) is 25.7 Å². The minimum absolute atomic E-state index is 0.00150. The Morgan fingerprint density at radius 3 is 2.24 bits per heavy atom. The predicted octanol–water partition coefficient (Wildman–Crippen LogP) is 6.78. The van der Waals surface area contributed by atoms with E-state index < -0.39 is 32.0 Å². The third kappa shape index (κ3) is 21.6. The molecule has 0 spiro atoms. The van der Waals surface area contributed by atoms with Gasteiger partial charge in [0.1, 0.15) is 54.9 Å². The smallest absolute Gasteiger partial charge is 0.326 e. The number of hydrogen-bond donors (Lipinski definition) is 6. The summed E-state index contributed by atoms with van der Waals surface area (Å²) in [5.41, 5.74) is 5.41. The predicted molar refractivity (Wildman–Crippen MR) is 353 cm³/mol. The monoisotopic (exact) mass is 1330 g/mol. The number of hydrogen-bond acceptors (Lipinski definition) is 17. The molecule has 2 aliphatic carbocycles. The zero-order chi connectivity index (χ0) is 67.8. The van der Waals surface area contributed by atoms with Gasteiger partial charge >= 0.3 is 5.97 Å². The Morgan fingerprint density at radius 2 is 1.55 bits per heavy atom. The fourth-order valence-corrected chi connectivity index (χ4v) is 11.9. The van der Waals surface area contributed by atoms with Crippen LogP contribution in [0, 0.1) is 37.0 Å². The lowest BCUT2D eigenvalue weighted by atomic mass is 9.88. The van der Waals surface area contributed by atoms with Crippen LogP contribution in [-0.2, 0) is 64.6 Å². The van der Waals surface area contributed by atoms with Gasteiger partial charge in [0.05, 0.1) is 36.8 Å². The number of anilines is 1. The van der Waals surface area contributed by atoms with E-state index in [9.17, 15) is 38.7 Å². The van der Waals surface area contributed by atoms with E-state index in [0.717, 1.165) is 54.2 Å². The second kappa shape index (κ2) is 32.5. The molecule has 1 saturated heterocycles. The minimum Gasteiger partial charge on any atom is -0.484 e. The highest BCUT2D eigenvalue weighted by atomic mass is 28.3. The topological polar surface area (TPSA) is 328 Å². The number of carbonyl (C=O) groups excluding carboxylic acids is 6. The summed E-state index contributed by atoms with van der Waals surface area (Å²) in [7, 11) is -1.21. The maximum absolute atomic E-state index is 14.3. The van der Waals surface area contributed by atoms with Gasteiger partial charge in [-0.25, -0.2) is 19.1 Å². The number of carbonyl (C=O) groups is 7. The van der Waals surface area contributed by atoms with Crippen LogP contribution >= 0.6 is 0 Å². The van der Waals surface area contributed by atoms with Crippen LogP contribution < -0.4 is 36.1 Å². The second-order valence-electron chi connectivity index (χ2n) is 27.1. The van der Waals surface area contributed by atoms with E-state index in [4.69, 9.17) is 28.8 Å². The third-order valence-corrected chi connectivity index (χ3v) is 18.4. The fourth-order valence-electron chi connectivity index (χ4n) is 11.1. The SMILES string of the molecule is Cc1nn(COCC[Si](C)(C)C)c(C)c1-c1ccc(NC(=O)[C@@H](NC(=O)c2ccnn2CCCNC(=O)Cn2cc(COCC(=O)N3CC(OCCNC(=O)COc4cccc(Oc5ccc(C(=O)N[C@@H](CCC(C)(C)C)C(=O)O)cn5)c4)C3)nn2)C(C2CC2)C2CC2)cc1. The number of aliphatic carboxylic acids is 1. The maximum atomic E-state index is 14.3. The summed E-state index contributed by atoms with van der Waals surface area (Å²) in [4.78, 5) is 96.8. The Morgan fingerprint density at radius 1 is 0.811 bits per heavy atom. The van der Waals surface area contributed by atoms with Gasteiger partial charge in [-0.05, 0) is 130 Å². The summed E-state index contributed by atoms with van der Waals surface area (Å²) >= 11 is 0. The van der Waals surface area contributed by atoms with Crippen molar-refractivity contribution in [3.63, 3.8) is 0 Å². The Hall–Kier alpha value is -8.86. The highest BCUT2D eigenvalue weighted by Gasteiger charge is 2.48. The zero-order valence-corrected chi connectivity index (χ0v) is 56.6. The lowest BCUT2D eigenvalue weighted by Crippen LogP contribution is -2.56. The molecule has 2 saturated carbocycles. The molecule has 6 amide bonds. The molecule has 0 radical (unpaired) electrons. The summed E-state index contributed by atoms with van der Waals surface area (Å²) in [5.74, 6) is -1.52. The second-order valence-corrected chi connectivity index (χ2v) is 32.7. The van der Waals surface area contributed by atoms with Crippen molar-refractivity contribution in [3.05, 3.63) is 114 Å². The van der Waals surface area contributed by atoms with Gasteiger partial charge < -0.3 is 60.3 Å². The quantitative estimate of drug-likeness (QED) is 0.0173. The standard InChI is InChI=1S/C67H90N14O13Si/c1-43-60(44(2)81(76-43)42-90-31-32-95(6,7)8)45-17-20-49(21-18-45)72-65(87)62(61(46-13-14-46)47-15-16-47)74-64(86)55-24-27-71-80(55)29-10-26-68-56(82)38-79-35-50(75-77-79)39-91-41-59(84)78-36-53(37-78)92-30-28-69-57(83)40-93-51-11-9-12-52(33-51)94-58-22-19-48(34-70-58)63(85)73-54(66(88)89)23-25-67(3,4)5/h9,11-12,17-22,24,27,33-35,46-47,53-54,61-62H,10,13-16,23,25-26,28-32,36-42H2,1-8H3,(H,68,82)(H,69,83)(H,72,87)(H,73,85)(H,74,86)(H,88,89)/t54-,62-/m0/s1. The number of pyridine rings is 1. The molecular formula is C67H90N14O13Si. The number of nitrogens with zero attached hydrogens (tertiary/aromatic N) is 9. The molecule has 6 N–H and O–H groups in total. The van der Waals surface area contributed by atoms with Crippen molar-refractivity contribution in [1.29, 1.82) is 0 Å². The molecule has 0 bridgehead atoms. The van der Waals surface area contributed by atoms with E-state index in [1.807, 2.05) is 63.6 Å². The van der Waals surface area contributed by atoms with Crippen molar-refractivity contribution in [2.24, 2.45) is 23.2 Å². The van der Waals surface area contributed by atoms with Gasteiger partial charge in [0, 0.05) is 88.9 Å². The van der Waals surface area contributed by atoms with Crippen molar-refractivity contribution in [2.45, 2.75) is 150 Å². The number of rotatable bonds is 37. The minimum atomic E-state index is -1.21. The van der Waals surface area contributed by atoms with Gasteiger partial charge in [-0.1, -0.05) is 63.8 Å². The van der Waals surface area contributed by atoms with Crippen LogP contribution in [0.4, 0.5) is 5.69 Å². The molecule has 3 aliphatic rings. The van der Waals surface area contributed by atoms with Crippen molar-refractivity contribution in [1.82, 2.24) is 65.7 Å². The van der Waals surface area contributed by atoms with Crippen LogP contribution in [0.1, 0.15) is 104 Å². The van der Waals surface area contributed by atoms with Crippen molar-refractivity contribution in [2.75, 3.05) is 57.9 Å². The molecule has 28 heteroatoms. The van der Waals surface area contributed by atoms with E-state index in [1.165, 1.54) is 23.0 Å². The van der Waals surface area contributed by atoms with Gasteiger partial charge in [0.2, 0.25) is 23.6 Å². The van der Waals surface area contributed by atoms with Crippen LogP contribution in [0.25, 0.3) is 11.1 Å². The molecule has 5 heterocycles. The summed E-state index contributed by atoms with van der Waals surface area (Å²) in [6.07, 6.45) is 9.71. The lowest BCUT2D eigenvalue weighted by Gasteiger charge is -2.38. The molecule has 510 valence electrons. The zero-order valence-electron chi connectivity index (χ0n) is 55.6. The van der Waals surface area contributed by atoms with Gasteiger partial charge in [-0.15, -0.1) is 5.10 Å². The first-order valence-electron chi connectivity index (χ1n) is 32.6. The highest BCUT2D eigenvalue weighted by molar-refractivity contribution is 6.76. The summed E-state index contributed by atoms with van der Waals surface area (Å²) in [6.45, 7) is 19.4. The Balaban J connectivity index is 0.620. The number of carboxylic acid groups (broad SMARTS) is 1. The van der Waals surface area contributed by atoms with Crippen molar-refractivity contribution < 1.29 is 62.4 Å². The number of ether oxygens (including phenoxy) is 5. The summed E-state index contributed by atoms with van der Waals surface area (Å²) in [6, 6.07) is 18.3. The molecule has 2 atom stereocenters. The van der Waals surface area contributed by atoms with Gasteiger partial charge in [-0.3, -0.25) is 33.4 Å². The van der Waals surface area contributed by atoms with Gasteiger partial charge in [-0.2, -0.15) is 10.2 Å². The molecule has 9 rings (SSSR count). The first-order valence-corrected chi connectivity index (χ1v) is 36.3. The molecule has 3 fully saturated rings. The first kappa shape index (κ1) is 70.5. The van der Waals surface area contributed by atoms with Gasteiger partial charge in [0.15, 0.2) is 6.61 Å². The molecule has 1 aliphatic heterocycles. The molecular weight excluding hydrogens is 1240 g/mol. The van der Waals surface area contributed by atoms with E-state index in [2.05, 4.69) is 66.6 Å². The van der Waals surface area contributed by atoms with Crippen LogP contribution in [-0.4, -0.2) is 170 Å². The highest BCUT2D eigenvalue weighted by Crippen LogP contribution is 2.51.